The third-order valence-electron chi connectivity index (χ3n) is 25.8. The minimum Gasteiger partial charge on any atom is -0.102 e. The number of hydrogen-bond donors (Lipinski definition) is 0. The monoisotopic (exact) mass is 1160 g/mol. The van der Waals surface area contributed by atoms with E-state index < -0.39 is 0 Å². The van der Waals surface area contributed by atoms with Crippen LogP contribution in [0.5, 0.6) is 0 Å². The summed E-state index contributed by atoms with van der Waals surface area (Å²) in [6, 6.07) is 0. The van der Waals surface area contributed by atoms with Gasteiger partial charge in [0.15, 0.2) is 0 Å². The second kappa shape index (κ2) is 24.8. The number of rotatable bonds is 12. The van der Waals surface area contributed by atoms with E-state index >= 15 is 0 Å². The standard InChI is InChI=1S/C72H100B18/c1-27-29(3)35(9)53(36(10)30(27)4)57-44(18)46(20)62-63(50(57)24)66(59-42(16)41(15)55-39(13)33(7)34(8)40(14)56(55)49(59)23)61-45(19)43(17)58(54-37(11)31(5)28(2)32(6)38(54)12)51(25)64(61)67(62)65-52(26)60-47(21)48(22)71(85(87(76)77)88(78)79)72(68(60)69(73)70(65)83-74)86(89(80)81)90(82)84-75/h83-84H,73-82H2,1-26H3. The highest BCUT2D eigenvalue weighted by molar-refractivity contribution is 7.89. The Kier molecular flexibility index (Phi) is 19.2. The van der Waals surface area contributed by atoms with Crippen molar-refractivity contribution in [2.24, 2.45) is 0 Å². The van der Waals surface area contributed by atoms with Crippen molar-refractivity contribution in [3.63, 3.8) is 0 Å². The Bertz CT molecular complexity index is 4580. The summed E-state index contributed by atoms with van der Waals surface area (Å²) in [5.74, 6) is 0. The Morgan fingerprint density at radius 1 is 0.222 bits per heavy atom. The van der Waals surface area contributed by atoms with Gasteiger partial charge < -0.3 is 0 Å². The van der Waals surface area contributed by atoms with Gasteiger partial charge >= 0.3 is 0 Å². The molecule has 0 saturated carbocycles. The van der Waals surface area contributed by atoms with Crippen LogP contribution in [-0.4, -0.2) is 130 Å². The predicted octanol–water partition coefficient (Wildman–Crippen LogP) is 4.94. The maximum Gasteiger partial charge on any atom is 0.139 e. The molecule has 0 aliphatic carbocycles. The van der Waals surface area contributed by atoms with Crippen molar-refractivity contribution >= 4 is 195 Å². The lowest BCUT2D eigenvalue weighted by atomic mass is 8.67. The van der Waals surface area contributed by atoms with E-state index in [0.29, 0.717) is 38.5 Å². The van der Waals surface area contributed by atoms with Crippen LogP contribution in [-0.2, 0) is 0 Å². The zero-order valence-electron chi connectivity index (χ0n) is 63.9. The van der Waals surface area contributed by atoms with Gasteiger partial charge in [-0.15, -0.1) is 5.46 Å². The summed E-state index contributed by atoms with van der Waals surface area (Å²) >= 11 is 0. The largest absolute Gasteiger partial charge is 0.139 e. The third-order valence-corrected chi connectivity index (χ3v) is 25.8. The quantitative estimate of drug-likeness (QED) is 0.120. The molecule has 18 heteroatoms. The summed E-state index contributed by atoms with van der Waals surface area (Å²) in [7, 11) is 27.2. The first-order valence-electron chi connectivity index (χ1n) is 35.1. The highest BCUT2D eigenvalue weighted by Crippen LogP contribution is 2.57. The molecule has 0 heterocycles. The Labute approximate surface area is 560 Å². The van der Waals surface area contributed by atoms with E-state index in [1.807, 2.05) is 0 Å². The average molecular weight is 1160 g/mol. The molecule has 0 fully saturated rings. The molecule has 9 rings (SSSR count). The van der Waals surface area contributed by atoms with Crippen molar-refractivity contribution in [3.8, 4) is 44.5 Å². The van der Waals surface area contributed by atoms with Crippen molar-refractivity contribution < 1.29 is 0 Å². The molecule has 0 spiro atoms. The molecule has 0 saturated heterocycles. The molecule has 0 N–H and O–H groups in total. The highest BCUT2D eigenvalue weighted by Gasteiger charge is 2.40. The molecule has 9 aromatic carbocycles. The van der Waals surface area contributed by atoms with Gasteiger partial charge in [0.1, 0.15) is 15.0 Å². The zero-order valence-corrected chi connectivity index (χ0v) is 63.9. The fourth-order valence-corrected chi connectivity index (χ4v) is 19.3. The lowest BCUT2D eigenvalue weighted by Gasteiger charge is -2.37. The molecule has 0 aliphatic rings. The molecular weight excluding hydrogens is 1060 g/mol. The molecule has 0 aliphatic heterocycles. The number of hydrogen-bond acceptors (Lipinski definition) is 0. The molecule has 0 bridgehead atoms. The van der Waals surface area contributed by atoms with Crippen molar-refractivity contribution in [2.75, 3.05) is 0 Å². The van der Waals surface area contributed by atoms with Gasteiger partial charge in [-0.1, -0.05) is 22.0 Å². The Balaban J connectivity index is 1.76. The number of aryl methyl sites for hydroxylation is 10. The van der Waals surface area contributed by atoms with E-state index in [-0.39, 0.29) is 0 Å². The van der Waals surface area contributed by atoms with Crippen LogP contribution in [0.15, 0.2) is 0 Å². The predicted molar refractivity (Wildman–Crippen MR) is 454 cm³/mol. The van der Waals surface area contributed by atoms with Crippen molar-refractivity contribution in [1.82, 2.24) is 0 Å². The summed E-state index contributed by atoms with van der Waals surface area (Å²) in [4.78, 5) is 0. The molecule has 442 valence electrons. The van der Waals surface area contributed by atoms with Gasteiger partial charge in [-0.3, -0.25) is 0 Å². The van der Waals surface area contributed by atoms with Crippen LogP contribution in [0, 0.1) is 180 Å². The van der Waals surface area contributed by atoms with Gasteiger partial charge in [-0.05, 0) is 407 Å². The fourth-order valence-electron chi connectivity index (χ4n) is 19.3. The van der Waals surface area contributed by atoms with Crippen molar-refractivity contribution in [2.45, 2.75) is 180 Å². The molecule has 90 heavy (non-hydrogen) atoms. The minimum absolute atomic E-state index is 0.411. The molecule has 9 aromatic rings. The number of fused-ring (bicyclic) bond motifs is 4. The van der Waals surface area contributed by atoms with Crippen molar-refractivity contribution in [1.29, 1.82) is 0 Å². The summed E-state index contributed by atoms with van der Waals surface area (Å²) in [6.07, 6.45) is 2.01. The Morgan fingerprint density at radius 3 is 0.811 bits per heavy atom. The van der Waals surface area contributed by atoms with Crippen LogP contribution in [0.25, 0.3) is 87.6 Å². The van der Waals surface area contributed by atoms with Crippen molar-refractivity contribution in [3.05, 3.63) is 145 Å². The first kappa shape index (κ1) is 69.5. The van der Waals surface area contributed by atoms with Gasteiger partial charge in [0.25, 0.3) is 0 Å². The molecule has 0 aromatic heterocycles. The van der Waals surface area contributed by atoms with Crippen LogP contribution < -0.4 is 21.9 Å². The van der Waals surface area contributed by atoms with E-state index in [1.54, 1.807) is 16.3 Å². The molecule has 0 amide bonds. The van der Waals surface area contributed by atoms with Gasteiger partial charge in [-0.25, -0.2) is 0 Å². The zero-order chi connectivity index (χ0) is 67.4. The second-order valence-corrected chi connectivity index (χ2v) is 30.7. The molecule has 0 atom stereocenters. The van der Waals surface area contributed by atoms with Crippen LogP contribution in [0.1, 0.15) is 145 Å². The first-order valence-corrected chi connectivity index (χ1v) is 35.1. The van der Waals surface area contributed by atoms with Gasteiger partial charge in [-0.2, -0.15) is 0 Å². The highest BCUT2D eigenvalue weighted by atomic mass is 14.4. The van der Waals surface area contributed by atoms with E-state index in [9.17, 15) is 0 Å². The summed E-state index contributed by atoms with van der Waals surface area (Å²) in [5.41, 5.74) is 54.5. The lowest BCUT2D eigenvalue weighted by molar-refractivity contribution is 1.17. The Hall–Kier alpha value is -4.81. The summed E-state index contributed by atoms with van der Waals surface area (Å²) in [5, 5.41) is 11.6. The molecule has 0 nitrogen and oxygen atoms in total. The fraction of sp³-hybridized carbons (Fsp3) is 0.361. The first-order chi connectivity index (χ1) is 41.9. The van der Waals surface area contributed by atoms with Crippen LogP contribution >= 0.6 is 0 Å². The third kappa shape index (κ3) is 9.82. The van der Waals surface area contributed by atoms with Gasteiger partial charge in [0, 0.05) is 32.6 Å². The van der Waals surface area contributed by atoms with E-state index in [1.165, 1.54) is 238 Å². The molecule has 0 radical (unpaired) electrons. The Morgan fingerprint density at radius 2 is 0.456 bits per heavy atom. The summed E-state index contributed by atoms with van der Waals surface area (Å²) < 4.78 is 0. The second-order valence-electron chi connectivity index (χ2n) is 30.7. The number of benzene rings is 9. The topological polar surface area (TPSA) is 0 Å². The van der Waals surface area contributed by atoms with E-state index in [4.69, 9.17) is 0 Å². The normalized spacial score (nSPS) is 11.7. The maximum absolute atomic E-state index is 2.58. The average Bonchev–Trinajstić information content (AvgIpc) is 0.685. The summed E-state index contributed by atoms with van der Waals surface area (Å²) in [6.45, 7) is 64.4. The van der Waals surface area contributed by atoms with E-state index in [2.05, 4.69) is 257 Å². The van der Waals surface area contributed by atoms with E-state index in [0.717, 1.165) is 14.2 Å². The van der Waals surface area contributed by atoms with Gasteiger partial charge in [0.2, 0.25) is 0 Å². The minimum atomic E-state index is 0.411. The van der Waals surface area contributed by atoms with Crippen LogP contribution in [0.4, 0.5) is 0 Å². The van der Waals surface area contributed by atoms with Crippen LogP contribution in [0.2, 0.25) is 0 Å². The SMILES string of the molecule is BBB(B)B(B(B)B)c1c(B(B(B)B)B(B)B)c(C)c(C)c2c(C)c(-c3c4c(C)c(C)c(-c5c(C)c(C)c(C)c(C)c5C)c(C)c4c(-c4c(C)c(C)c5c(C)c(C)c(C)c(C)c5c4C)c4c(C)c(C)c(-c5c(C)c(C)c(C)c(C)c5C)c(C)c34)c(BB)c(B)c12. The molecule has 0 unspecified atom stereocenters. The maximum atomic E-state index is 2.58. The lowest BCUT2D eigenvalue weighted by Crippen LogP contribution is -2.72. The molecular formula is C72H100B18. The van der Waals surface area contributed by atoms with Crippen LogP contribution in [0.3, 0.4) is 0 Å². The van der Waals surface area contributed by atoms with Gasteiger partial charge in [0.05, 0.1) is 82.6 Å². The smallest absolute Gasteiger partial charge is 0.102 e.